The lowest BCUT2D eigenvalue weighted by Gasteiger charge is -2.11. The van der Waals surface area contributed by atoms with Crippen molar-refractivity contribution in [3.8, 4) is 35.3 Å². The predicted octanol–water partition coefficient (Wildman–Crippen LogP) is 16.1. The molecular weight excluding hydrogens is 1660 g/mol. The number of hydrogen-bond acceptors (Lipinski definition) is 26. The fourth-order valence-corrected chi connectivity index (χ4v) is 11.7. The number of aryl methyl sites for hydroxylation is 4. The van der Waals surface area contributed by atoms with Crippen LogP contribution in [0.5, 0.6) is 11.5 Å². The van der Waals surface area contributed by atoms with Gasteiger partial charge < -0.3 is 53.7 Å². The quantitative estimate of drug-likeness (QED) is 0.0393. The molecule has 8 aromatic carbocycles. The first-order valence-corrected chi connectivity index (χ1v) is 34.5. The van der Waals surface area contributed by atoms with Crippen LogP contribution in [0.4, 0.5) is 154 Å². The van der Waals surface area contributed by atoms with E-state index in [0.29, 0.717) is 35.9 Å². The van der Waals surface area contributed by atoms with E-state index < -0.39 is 94.8 Å². The second-order valence-corrected chi connectivity index (χ2v) is 25.1. The molecule has 12 N–H and O–H groups in total. The molecule has 16 aromatic rings. The first-order valence-electron chi connectivity index (χ1n) is 34.5. The Morgan fingerprint density at radius 1 is 0.328 bits per heavy atom. The maximum atomic E-state index is 14.2. The van der Waals surface area contributed by atoms with Gasteiger partial charge in [0.1, 0.15) is 74.4 Å². The van der Waals surface area contributed by atoms with Gasteiger partial charge in [-0.3, -0.25) is 18.3 Å². The number of imidazole rings is 4. The molecule has 0 aliphatic heterocycles. The fourth-order valence-electron chi connectivity index (χ4n) is 11.7. The molecule has 0 spiro atoms. The van der Waals surface area contributed by atoms with E-state index in [1.165, 1.54) is 79.8 Å². The van der Waals surface area contributed by atoms with Crippen molar-refractivity contribution in [1.29, 1.82) is 0 Å². The average Bonchev–Trinajstić information content (AvgIpc) is 1.61. The predicted molar refractivity (Wildman–Crippen MR) is 401 cm³/mol. The molecule has 49 heteroatoms. The van der Waals surface area contributed by atoms with Gasteiger partial charge in [-0.15, -0.1) is 0 Å². The van der Waals surface area contributed by atoms with Gasteiger partial charge in [-0.25, -0.2) is 59.4 Å². The molecule has 0 aliphatic carbocycles. The molecule has 0 bridgehead atoms. The summed E-state index contributed by atoms with van der Waals surface area (Å²) < 4.78 is 264. The van der Waals surface area contributed by atoms with Crippen LogP contribution in [0.15, 0.2) is 140 Å². The summed E-state index contributed by atoms with van der Waals surface area (Å²) in [5.41, 5.74) is 22.5. The van der Waals surface area contributed by atoms with Crippen molar-refractivity contribution < 1.29 is 92.9 Å². The van der Waals surface area contributed by atoms with Gasteiger partial charge in [-0.05, 0) is 106 Å². The third-order valence-electron chi connectivity index (χ3n) is 16.6. The lowest BCUT2D eigenvalue weighted by Crippen LogP contribution is -2.11. The standard InChI is InChI=1S/C19H14F5N7.C18H12F5N7O.C18H12F5N7.C18H13F4N7O/c1-2-14-27-15-12(21)7-10(20)8-13(15)31(14)18-29-16(25)28-17(30-18)26-11-5-3-9(4-6-11)19(22,23)24;1-7-25-14-11(21)4-8(19)5-12(14)30(7)18-28-16(24)27-17(29-18)26-9-2-3-13(10(20)6-9)31-15(22)23;1-8-25-14-12(20)6-10(19)7-13(14)30(8)17-28-15(24)27-16(29-17)26-11-4-2-9(3-5-11)18(21,22)23;1-8-24-14-12(20)6-9(19)7-13(14)29(8)18-27-16(23)26-17(28-18)25-10-2-4-11(5-3-10)30-15(21)22/h3-8H,2H2,1H3,(H3,25,26,28,29,30);2-6,15H,1H3,(H3,24,26,27,28,29);2-7H,1H3,(H3,24,26,27,28,29);2-7,15H,1H3,(H3,23,25,26,27,28). The van der Waals surface area contributed by atoms with Gasteiger partial charge in [-0.1, -0.05) is 6.92 Å². The van der Waals surface area contributed by atoms with E-state index in [9.17, 15) is 83.4 Å². The summed E-state index contributed by atoms with van der Waals surface area (Å²) in [6.07, 6.45) is -8.58. The summed E-state index contributed by atoms with van der Waals surface area (Å²) in [6, 6.07) is 24.3. The number of hydrogen-bond donors (Lipinski definition) is 8. The normalized spacial score (nSPS) is 11.5. The van der Waals surface area contributed by atoms with E-state index in [2.05, 4.69) is 110 Å². The van der Waals surface area contributed by atoms with Crippen LogP contribution in [0, 0.1) is 73.1 Å². The van der Waals surface area contributed by atoms with Crippen LogP contribution in [0.1, 0.15) is 41.3 Å². The highest BCUT2D eigenvalue weighted by Gasteiger charge is 2.32. The maximum absolute atomic E-state index is 14.2. The van der Waals surface area contributed by atoms with Gasteiger partial charge in [0.05, 0.1) is 33.2 Å². The molecule has 0 amide bonds. The minimum Gasteiger partial charge on any atom is -0.435 e. The Morgan fingerprint density at radius 3 is 0.918 bits per heavy atom. The van der Waals surface area contributed by atoms with Gasteiger partial charge in [0.15, 0.2) is 34.8 Å². The smallest absolute Gasteiger partial charge is 0.416 e. The molecule has 0 unspecified atom stereocenters. The zero-order valence-corrected chi connectivity index (χ0v) is 61.9. The van der Waals surface area contributed by atoms with Gasteiger partial charge >= 0.3 is 25.6 Å². The summed E-state index contributed by atoms with van der Waals surface area (Å²) >= 11 is 0. The molecule has 628 valence electrons. The molecule has 122 heavy (non-hydrogen) atoms. The second-order valence-electron chi connectivity index (χ2n) is 25.1. The van der Waals surface area contributed by atoms with Crippen LogP contribution in [-0.2, 0) is 18.8 Å². The van der Waals surface area contributed by atoms with Gasteiger partial charge in [0, 0.05) is 83.8 Å². The van der Waals surface area contributed by atoms with Crippen LogP contribution in [-0.4, -0.2) is 111 Å². The van der Waals surface area contributed by atoms with Crippen molar-refractivity contribution >= 4 is 114 Å². The molecule has 16 rings (SSSR count). The van der Waals surface area contributed by atoms with Crippen LogP contribution in [0.3, 0.4) is 0 Å². The van der Waals surface area contributed by atoms with Gasteiger partial charge in [0.2, 0.25) is 71.4 Å². The molecule has 0 radical (unpaired) electrons. The summed E-state index contributed by atoms with van der Waals surface area (Å²) in [7, 11) is 0. The monoisotopic (exact) mass is 1710 g/mol. The first-order chi connectivity index (χ1) is 57.8. The topological polar surface area (TPSA) is 397 Å². The maximum Gasteiger partial charge on any atom is 0.416 e. The molecule has 8 heterocycles. The van der Waals surface area contributed by atoms with Crippen LogP contribution in [0.25, 0.3) is 67.9 Å². The third kappa shape index (κ3) is 19.1. The summed E-state index contributed by atoms with van der Waals surface area (Å²) in [6.45, 7) is 0.297. The number of benzene rings is 8. The number of nitrogens with two attached hydrogens (primary N) is 4. The van der Waals surface area contributed by atoms with Crippen molar-refractivity contribution in [2.45, 2.75) is 59.7 Å². The molecular formula is C73H51F19N28O2. The zero-order valence-electron chi connectivity index (χ0n) is 61.9. The lowest BCUT2D eigenvalue weighted by atomic mass is 10.2. The van der Waals surface area contributed by atoms with Crippen LogP contribution < -0.4 is 53.7 Å². The van der Waals surface area contributed by atoms with Crippen LogP contribution >= 0.6 is 0 Å². The number of anilines is 12. The van der Waals surface area contributed by atoms with Crippen molar-refractivity contribution in [2.24, 2.45) is 0 Å². The number of nitrogen functional groups attached to an aromatic ring is 4. The van der Waals surface area contributed by atoms with Crippen molar-refractivity contribution in [3.63, 3.8) is 0 Å². The Morgan fingerprint density at radius 2 is 0.615 bits per heavy atom. The Bertz CT molecular complexity index is 6610. The lowest BCUT2D eigenvalue weighted by molar-refractivity contribution is -0.138. The minimum absolute atomic E-state index is 0.00680. The van der Waals surface area contributed by atoms with E-state index in [0.717, 1.165) is 72.8 Å². The number of aromatic nitrogens is 20. The Balaban J connectivity index is 0.000000140. The number of halogens is 19. The number of rotatable bonds is 17. The minimum atomic E-state index is -4.47. The molecule has 0 atom stereocenters. The first kappa shape index (κ1) is 84.3. The van der Waals surface area contributed by atoms with Gasteiger partial charge in [0.25, 0.3) is 0 Å². The SMILES string of the molecule is CCc1nc2c(F)cc(F)cc2n1-c1nc(N)nc(Nc2ccc(C(F)(F)F)cc2)n1.Cc1nc2c(F)cc(F)cc2n1-c1nc(N)nc(Nc2ccc(C(F)(F)F)cc2)n1.Cc1nc2c(F)cc(F)cc2n1-c1nc(N)nc(Nc2ccc(OC(F)F)c(F)c2)n1.Cc1nc2c(F)cc(F)cc2n1-c1nc(N)nc(Nc2ccc(OC(F)F)cc2)n1. The molecule has 0 fully saturated rings. The number of nitrogens with zero attached hydrogens (tertiary/aromatic N) is 20. The molecule has 30 nitrogen and oxygen atoms in total. The molecule has 0 saturated heterocycles. The number of ether oxygens (including phenoxy) is 2. The van der Waals surface area contributed by atoms with Crippen LogP contribution in [0.2, 0.25) is 0 Å². The van der Waals surface area contributed by atoms with E-state index in [-0.39, 0.29) is 150 Å². The van der Waals surface area contributed by atoms with E-state index in [1.807, 2.05) is 0 Å². The van der Waals surface area contributed by atoms with Crippen molar-refractivity contribution in [2.75, 3.05) is 44.2 Å². The molecule has 0 saturated carbocycles. The van der Waals surface area contributed by atoms with E-state index in [4.69, 9.17) is 22.9 Å². The van der Waals surface area contributed by atoms with E-state index >= 15 is 0 Å². The van der Waals surface area contributed by atoms with Gasteiger partial charge in [-0.2, -0.15) is 104 Å². The fraction of sp³-hybridized carbons (Fsp3) is 0.123. The summed E-state index contributed by atoms with van der Waals surface area (Å²) in [5, 5.41) is 11.0. The average molecular weight is 1710 g/mol. The number of alkyl halides is 10. The highest BCUT2D eigenvalue weighted by molar-refractivity contribution is 5.82. The Hall–Kier alpha value is -15.7. The Kier molecular flexibility index (Phi) is 23.6. The van der Waals surface area contributed by atoms with E-state index in [1.54, 1.807) is 20.8 Å². The highest BCUT2D eigenvalue weighted by atomic mass is 19.4. The van der Waals surface area contributed by atoms with Crippen molar-refractivity contribution in [1.82, 2.24) is 98.0 Å². The molecule has 8 aromatic heterocycles. The zero-order chi connectivity index (χ0) is 87.7. The van der Waals surface area contributed by atoms with Crippen molar-refractivity contribution in [3.05, 3.63) is 226 Å². The second kappa shape index (κ2) is 34.1. The Labute approximate surface area is 668 Å². The summed E-state index contributed by atoms with van der Waals surface area (Å²) in [4.78, 5) is 64.8. The largest absolute Gasteiger partial charge is 0.435 e. The number of nitrogens with one attached hydrogen (secondary N) is 4. The highest BCUT2D eigenvalue weighted by Crippen LogP contribution is 2.35. The number of fused-ring (bicyclic) bond motifs is 4. The molecule has 0 aliphatic rings. The summed E-state index contributed by atoms with van der Waals surface area (Å²) in [5.74, 6) is -8.44. The third-order valence-corrected chi connectivity index (χ3v) is 16.6.